The van der Waals surface area contributed by atoms with E-state index in [-0.39, 0.29) is 43.2 Å². The standard InChI is InChI=1S/C31H38F3N7O2S/c1-20-7-9-23-35-15-5-4-6-21-18-29(2,3)40(19-21)26-22(27(42)39-44-28(20)36-23)8-10-24(37-26)41-16-11-25(38-41)43-17-14-30(12-13-30)31(32,33)34/h7-11,16,21H,4-6,12-15,17-19H2,1-3H3,(H,35,36)(H,39,42). The van der Waals surface area contributed by atoms with Crippen LogP contribution in [-0.4, -0.2) is 57.1 Å². The SMILES string of the molecule is Cc1ccc2nc1SNC(=O)c1ccc(-n3ccc(OCCC4(C(F)(F)F)CC4)n3)nc1N1CC(CCCCN2)CC1(C)C. The number of hydrogen-bond donors (Lipinski definition) is 2. The average molecular weight is 630 g/mol. The summed E-state index contributed by atoms with van der Waals surface area (Å²) in [6.07, 6.45) is 1.82. The van der Waals surface area contributed by atoms with Crippen LogP contribution in [-0.2, 0) is 0 Å². The molecule has 4 bridgehead atoms. The maximum Gasteiger partial charge on any atom is 0.394 e. The summed E-state index contributed by atoms with van der Waals surface area (Å²) < 4.78 is 50.0. The molecule has 3 aliphatic rings. The highest BCUT2D eigenvalue weighted by atomic mass is 32.2. The van der Waals surface area contributed by atoms with E-state index in [1.165, 1.54) is 16.6 Å². The van der Waals surface area contributed by atoms with E-state index in [9.17, 15) is 18.0 Å². The Hall–Kier alpha value is -3.48. The average Bonchev–Trinajstić information content (AvgIpc) is 3.52. The van der Waals surface area contributed by atoms with Crippen LogP contribution in [0.4, 0.5) is 24.8 Å². The molecule has 2 N–H and O–H groups in total. The lowest BCUT2D eigenvalue weighted by Gasteiger charge is -2.34. The second-order valence-electron chi connectivity index (χ2n) is 12.8. The van der Waals surface area contributed by atoms with Crippen LogP contribution in [0.3, 0.4) is 0 Å². The minimum absolute atomic E-state index is 0.0668. The third kappa shape index (κ3) is 6.33. The maximum absolute atomic E-state index is 13.7. The second-order valence-corrected chi connectivity index (χ2v) is 13.6. The monoisotopic (exact) mass is 629 g/mol. The van der Waals surface area contributed by atoms with Crippen LogP contribution < -0.4 is 19.7 Å². The quantitative estimate of drug-likeness (QED) is 0.301. The molecule has 0 spiro atoms. The minimum Gasteiger partial charge on any atom is -0.477 e. The number of fused-ring (bicyclic) bond motifs is 6. The summed E-state index contributed by atoms with van der Waals surface area (Å²) in [5, 5.41) is 8.56. The number of amides is 1. The fourth-order valence-electron chi connectivity index (χ4n) is 6.23. The number of nitrogens with one attached hydrogen (secondary N) is 2. The fourth-order valence-corrected chi connectivity index (χ4v) is 6.90. The van der Waals surface area contributed by atoms with E-state index in [2.05, 4.69) is 33.9 Å². The van der Waals surface area contributed by atoms with Crippen LogP contribution in [0.25, 0.3) is 5.82 Å². The highest BCUT2D eigenvalue weighted by Gasteiger charge is 2.62. The molecule has 9 nitrogen and oxygen atoms in total. The Morgan fingerprint density at radius 1 is 1.11 bits per heavy atom. The fraction of sp³-hybridized carbons (Fsp3) is 0.548. The predicted octanol–water partition coefficient (Wildman–Crippen LogP) is 6.72. The molecule has 1 atom stereocenters. The number of aryl methyl sites for hydroxylation is 1. The summed E-state index contributed by atoms with van der Waals surface area (Å²) in [5.41, 5.74) is -0.446. The second kappa shape index (κ2) is 11.8. The number of aromatic nitrogens is 4. The highest BCUT2D eigenvalue weighted by molar-refractivity contribution is 7.98. The number of rotatable bonds is 5. The van der Waals surface area contributed by atoms with Gasteiger partial charge < -0.3 is 15.0 Å². The van der Waals surface area contributed by atoms with Crippen LogP contribution in [0, 0.1) is 18.3 Å². The van der Waals surface area contributed by atoms with Gasteiger partial charge in [-0.15, -0.1) is 5.10 Å². The lowest BCUT2D eigenvalue weighted by molar-refractivity contribution is -0.190. The van der Waals surface area contributed by atoms with Crippen LogP contribution in [0.1, 0.15) is 74.7 Å². The first-order valence-corrected chi connectivity index (χ1v) is 16.0. The molecule has 1 saturated heterocycles. The van der Waals surface area contributed by atoms with Crippen molar-refractivity contribution in [2.24, 2.45) is 11.3 Å². The van der Waals surface area contributed by atoms with Crippen LogP contribution in [0.5, 0.6) is 5.88 Å². The van der Waals surface area contributed by atoms with Crippen molar-refractivity contribution in [2.75, 3.05) is 29.9 Å². The van der Waals surface area contributed by atoms with Gasteiger partial charge in [-0.2, -0.15) is 13.2 Å². The van der Waals surface area contributed by atoms with Crippen molar-refractivity contribution in [3.63, 3.8) is 0 Å². The van der Waals surface area contributed by atoms with Crippen molar-refractivity contribution in [1.29, 1.82) is 0 Å². The molecule has 1 unspecified atom stereocenters. The number of alkyl halides is 3. The van der Waals surface area contributed by atoms with Gasteiger partial charge in [0.15, 0.2) is 5.82 Å². The van der Waals surface area contributed by atoms with E-state index < -0.39 is 11.6 Å². The number of anilines is 2. The van der Waals surface area contributed by atoms with E-state index in [0.29, 0.717) is 23.1 Å². The summed E-state index contributed by atoms with van der Waals surface area (Å²) in [4.78, 5) is 25.5. The minimum atomic E-state index is -4.21. The molecular weight excluding hydrogens is 591 g/mol. The molecule has 2 fully saturated rings. The van der Waals surface area contributed by atoms with Gasteiger partial charge in [-0.05, 0) is 89.0 Å². The number of halogens is 3. The van der Waals surface area contributed by atoms with E-state index in [1.54, 1.807) is 24.4 Å². The molecule has 1 saturated carbocycles. The highest BCUT2D eigenvalue weighted by Crippen LogP contribution is 2.59. The molecule has 1 aliphatic carbocycles. The Morgan fingerprint density at radius 3 is 2.70 bits per heavy atom. The van der Waals surface area contributed by atoms with Crippen LogP contribution >= 0.6 is 11.9 Å². The number of hydrogen-bond acceptors (Lipinski definition) is 8. The molecule has 0 radical (unpaired) electrons. The summed E-state index contributed by atoms with van der Waals surface area (Å²) in [5.74, 6) is 2.24. The maximum atomic E-state index is 13.7. The van der Waals surface area contributed by atoms with Crippen molar-refractivity contribution >= 4 is 29.5 Å². The molecule has 5 heterocycles. The number of carbonyl (C=O) groups excluding carboxylic acids is 1. The van der Waals surface area contributed by atoms with Crippen molar-refractivity contribution in [1.82, 2.24) is 24.5 Å². The Kier molecular flexibility index (Phi) is 8.18. The smallest absolute Gasteiger partial charge is 0.394 e. The van der Waals surface area contributed by atoms with Crippen molar-refractivity contribution in [3.8, 4) is 11.7 Å². The zero-order valence-electron chi connectivity index (χ0n) is 25.2. The molecule has 3 aromatic heterocycles. The van der Waals surface area contributed by atoms with Crippen molar-refractivity contribution in [2.45, 2.75) is 82.5 Å². The van der Waals surface area contributed by atoms with Gasteiger partial charge in [0, 0.05) is 42.8 Å². The van der Waals surface area contributed by atoms with Crippen molar-refractivity contribution < 1.29 is 22.7 Å². The van der Waals surface area contributed by atoms with Gasteiger partial charge in [0.1, 0.15) is 16.7 Å². The van der Waals surface area contributed by atoms with Gasteiger partial charge in [0.05, 0.1) is 17.6 Å². The third-order valence-electron chi connectivity index (χ3n) is 9.04. The number of ether oxygens (including phenoxy) is 1. The number of pyridine rings is 2. The Bertz CT molecular complexity index is 1520. The topological polar surface area (TPSA) is 97.2 Å². The molecule has 44 heavy (non-hydrogen) atoms. The van der Waals surface area contributed by atoms with E-state index in [0.717, 1.165) is 55.2 Å². The Balaban J connectivity index is 1.26. The molecule has 1 amide bonds. The molecule has 13 heteroatoms. The van der Waals surface area contributed by atoms with E-state index in [4.69, 9.17) is 14.7 Å². The van der Waals surface area contributed by atoms with Crippen LogP contribution in [0.15, 0.2) is 41.6 Å². The van der Waals surface area contributed by atoms with Crippen molar-refractivity contribution in [3.05, 3.63) is 47.7 Å². The summed E-state index contributed by atoms with van der Waals surface area (Å²) in [6.45, 7) is 7.86. The lowest BCUT2D eigenvalue weighted by Crippen LogP contribution is -2.40. The normalized spacial score (nSPS) is 21.3. The molecule has 0 aromatic carbocycles. The molecule has 236 valence electrons. The zero-order chi connectivity index (χ0) is 31.1. The van der Waals surface area contributed by atoms with Gasteiger partial charge in [-0.3, -0.25) is 9.52 Å². The van der Waals surface area contributed by atoms with Crippen LogP contribution in [0.2, 0.25) is 0 Å². The molecular formula is C31H38F3N7O2S. The summed E-state index contributed by atoms with van der Waals surface area (Å²) in [7, 11) is 0. The summed E-state index contributed by atoms with van der Waals surface area (Å²) >= 11 is 1.18. The first-order chi connectivity index (χ1) is 20.9. The summed E-state index contributed by atoms with van der Waals surface area (Å²) in [6, 6.07) is 9.03. The lowest BCUT2D eigenvalue weighted by atomic mass is 9.93. The van der Waals surface area contributed by atoms with E-state index >= 15 is 0 Å². The first-order valence-electron chi connectivity index (χ1n) is 15.2. The largest absolute Gasteiger partial charge is 0.477 e. The number of nitrogens with zero attached hydrogens (tertiary/aromatic N) is 5. The first kappa shape index (κ1) is 30.5. The molecule has 2 aliphatic heterocycles. The Morgan fingerprint density at radius 2 is 1.93 bits per heavy atom. The zero-order valence-corrected chi connectivity index (χ0v) is 26.0. The predicted molar refractivity (Wildman–Crippen MR) is 163 cm³/mol. The molecule has 3 aromatic rings. The Labute approximate surface area is 259 Å². The van der Waals surface area contributed by atoms with E-state index in [1.807, 2.05) is 19.1 Å². The molecule has 6 rings (SSSR count). The van der Waals surface area contributed by atoms with Gasteiger partial charge >= 0.3 is 6.18 Å². The van der Waals surface area contributed by atoms with Gasteiger partial charge in [0.25, 0.3) is 5.91 Å². The third-order valence-corrected chi connectivity index (χ3v) is 9.94. The number of carbonyl (C=O) groups is 1. The van der Waals surface area contributed by atoms with Gasteiger partial charge in [0.2, 0.25) is 5.88 Å². The van der Waals surface area contributed by atoms with Gasteiger partial charge in [-0.1, -0.05) is 12.5 Å². The van der Waals surface area contributed by atoms with Gasteiger partial charge in [-0.25, -0.2) is 14.6 Å².